The van der Waals surface area contributed by atoms with Crippen LogP contribution < -0.4 is 4.90 Å². The number of halogens is 1. The number of imidazole rings is 1. The number of hydrogen-bond donors (Lipinski definition) is 0. The summed E-state index contributed by atoms with van der Waals surface area (Å²) in [5.41, 5.74) is 3.75. The summed E-state index contributed by atoms with van der Waals surface area (Å²) in [7, 11) is 1.90. The maximum Gasteiger partial charge on any atom is 0.245 e. The first-order valence-corrected chi connectivity index (χ1v) is 12.0. The van der Waals surface area contributed by atoms with Crippen LogP contribution in [0.2, 0.25) is 0 Å². The zero-order chi connectivity index (χ0) is 25.7. The van der Waals surface area contributed by atoms with Gasteiger partial charge in [-0.3, -0.25) is 9.78 Å². The molecular formula is C28H24FN7O. The molecule has 2 fully saturated rings. The number of nitriles is 1. The van der Waals surface area contributed by atoms with Crippen molar-refractivity contribution < 1.29 is 9.18 Å². The Morgan fingerprint density at radius 2 is 2.05 bits per heavy atom. The number of nitrogens with zero attached hydrogens (tertiary/aromatic N) is 7. The molecule has 2 saturated heterocycles. The summed E-state index contributed by atoms with van der Waals surface area (Å²) in [5.74, 6) is 0.0224. The Kier molecular flexibility index (Phi) is 5.26. The maximum atomic E-state index is 15.1. The number of aryl methyl sites for hydroxylation is 1. The van der Waals surface area contributed by atoms with Crippen LogP contribution in [0.3, 0.4) is 0 Å². The largest absolute Gasteiger partial charge is 0.355 e. The third kappa shape index (κ3) is 3.64. The van der Waals surface area contributed by atoms with Crippen molar-refractivity contribution in [2.24, 2.45) is 12.5 Å². The highest BCUT2D eigenvalue weighted by molar-refractivity contribution is 5.99. The molecule has 1 spiro atoms. The van der Waals surface area contributed by atoms with Crippen molar-refractivity contribution in [3.8, 4) is 28.5 Å². The normalized spacial score (nSPS) is 16.1. The van der Waals surface area contributed by atoms with Crippen molar-refractivity contribution in [3.05, 3.63) is 73.1 Å². The first kappa shape index (κ1) is 22.9. The topological polar surface area (TPSA) is 90.9 Å². The molecule has 5 heterocycles. The fourth-order valence-corrected chi connectivity index (χ4v) is 5.59. The molecule has 0 aliphatic carbocycles. The highest BCUT2D eigenvalue weighted by Gasteiger charge is 2.49. The molecule has 2 aliphatic heterocycles. The van der Waals surface area contributed by atoms with Crippen LogP contribution in [0.1, 0.15) is 12.0 Å². The van der Waals surface area contributed by atoms with Gasteiger partial charge in [0.2, 0.25) is 5.91 Å². The van der Waals surface area contributed by atoms with Gasteiger partial charge in [-0.25, -0.2) is 14.4 Å². The molecular weight excluding hydrogens is 469 g/mol. The molecule has 0 saturated carbocycles. The van der Waals surface area contributed by atoms with E-state index in [1.54, 1.807) is 41.8 Å². The molecule has 2 aliphatic rings. The summed E-state index contributed by atoms with van der Waals surface area (Å²) in [4.78, 5) is 29.7. The average molecular weight is 494 g/mol. The number of hydrogen-bond acceptors (Lipinski definition) is 6. The van der Waals surface area contributed by atoms with E-state index < -0.39 is 5.82 Å². The molecule has 4 aromatic rings. The number of rotatable bonds is 4. The van der Waals surface area contributed by atoms with Gasteiger partial charge in [0.15, 0.2) is 0 Å². The van der Waals surface area contributed by atoms with E-state index >= 15 is 4.39 Å². The van der Waals surface area contributed by atoms with Gasteiger partial charge in [-0.1, -0.05) is 24.8 Å². The number of carbonyl (C=O) groups is 1. The predicted octanol–water partition coefficient (Wildman–Crippen LogP) is 3.93. The van der Waals surface area contributed by atoms with Gasteiger partial charge in [0.1, 0.15) is 23.3 Å². The van der Waals surface area contributed by atoms with Crippen molar-refractivity contribution >= 4 is 22.8 Å². The minimum Gasteiger partial charge on any atom is -0.355 e. The van der Waals surface area contributed by atoms with E-state index in [1.807, 2.05) is 17.7 Å². The second kappa shape index (κ2) is 8.52. The van der Waals surface area contributed by atoms with Gasteiger partial charge < -0.3 is 14.4 Å². The van der Waals surface area contributed by atoms with Crippen LogP contribution in [-0.4, -0.2) is 56.5 Å². The van der Waals surface area contributed by atoms with Crippen molar-refractivity contribution in [2.45, 2.75) is 6.42 Å². The van der Waals surface area contributed by atoms with Crippen LogP contribution in [0, 0.1) is 22.6 Å². The smallest absolute Gasteiger partial charge is 0.245 e. The molecule has 8 nitrogen and oxygen atoms in total. The van der Waals surface area contributed by atoms with Crippen molar-refractivity contribution in [3.63, 3.8) is 0 Å². The standard InChI is InChI=1S/C28H24FN7O/c1-3-24(37)36-15-28(16-36)8-9-35(14-28)27-20(11-30)25(19-6-4-5-7-21(19)29)26-22(33-27)10-18(12-32-26)23-13-31-17-34(23)2/h3-7,10,12-13,17H,1,8-9,14-16H2,2H3. The monoisotopic (exact) mass is 493 g/mol. The quantitative estimate of drug-likeness (QED) is 0.400. The fraction of sp³-hybridized carbons (Fsp3) is 0.250. The van der Waals surface area contributed by atoms with Crippen molar-refractivity contribution in [1.29, 1.82) is 5.26 Å². The Labute approximate surface area is 213 Å². The molecule has 1 aromatic carbocycles. The number of likely N-dealkylation sites (tertiary alicyclic amines) is 1. The molecule has 1 amide bonds. The summed E-state index contributed by atoms with van der Waals surface area (Å²) in [6, 6.07) is 10.6. The lowest BCUT2D eigenvalue weighted by molar-refractivity contribution is -0.136. The van der Waals surface area contributed by atoms with Crippen LogP contribution in [0.4, 0.5) is 10.2 Å². The van der Waals surface area contributed by atoms with Crippen LogP contribution in [0.5, 0.6) is 0 Å². The van der Waals surface area contributed by atoms with Gasteiger partial charge in [0.25, 0.3) is 0 Å². The van der Waals surface area contributed by atoms with E-state index in [9.17, 15) is 10.1 Å². The van der Waals surface area contributed by atoms with E-state index in [2.05, 4.69) is 27.5 Å². The highest BCUT2D eigenvalue weighted by atomic mass is 19.1. The Balaban J connectivity index is 1.50. The Morgan fingerprint density at radius 1 is 1.24 bits per heavy atom. The molecule has 9 heteroatoms. The Hall–Kier alpha value is -4.58. The number of carbonyl (C=O) groups excluding carboxylic acids is 1. The number of pyridine rings is 2. The fourth-order valence-electron chi connectivity index (χ4n) is 5.59. The first-order chi connectivity index (χ1) is 17.9. The molecule has 3 aromatic heterocycles. The van der Waals surface area contributed by atoms with E-state index in [4.69, 9.17) is 4.98 Å². The lowest BCUT2D eigenvalue weighted by Gasteiger charge is -2.47. The second-order valence-electron chi connectivity index (χ2n) is 9.83. The van der Waals surface area contributed by atoms with Crippen LogP contribution >= 0.6 is 0 Å². The zero-order valence-corrected chi connectivity index (χ0v) is 20.4. The van der Waals surface area contributed by atoms with E-state index in [0.717, 1.165) is 17.7 Å². The maximum absolute atomic E-state index is 15.1. The van der Waals surface area contributed by atoms with Crippen LogP contribution in [0.15, 0.2) is 61.7 Å². The van der Waals surface area contributed by atoms with Crippen molar-refractivity contribution in [1.82, 2.24) is 24.4 Å². The summed E-state index contributed by atoms with van der Waals surface area (Å²) < 4.78 is 17.0. The Morgan fingerprint density at radius 3 is 2.76 bits per heavy atom. The van der Waals surface area contributed by atoms with E-state index in [-0.39, 0.29) is 11.3 Å². The number of fused-ring (bicyclic) bond motifs is 1. The van der Waals surface area contributed by atoms with E-state index in [1.165, 1.54) is 12.1 Å². The lowest BCUT2D eigenvalue weighted by atomic mass is 9.79. The summed E-state index contributed by atoms with van der Waals surface area (Å²) in [6.07, 6.45) is 7.39. The SMILES string of the molecule is C=CC(=O)N1CC2(CCN(c3nc4cc(-c5cncn5C)cnc4c(-c4ccccc4F)c3C#N)C2)C1. The number of benzene rings is 1. The highest BCUT2D eigenvalue weighted by Crippen LogP contribution is 2.44. The summed E-state index contributed by atoms with van der Waals surface area (Å²) >= 11 is 0. The van der Waals surface area contributed by atoms with Crippen molar-refractivity contribution in [2.75, 3.05) is 31.1 Å². The number of aromatic nitrogens is 4. The van der Waals surface area contributed by atoms with Crippen LogP contribution in [-0.2, 0) is 11.8 Å². The van der Waals surface area contributed by atoms with E-state index in [0.29, 0.717) is 59.7 Å². The molecule has 0 unspecified atom stereocenters. The lowest BCUT2D eigenvalue weighted by Crippen LogP contribution is -2.59. The molecule has 6 rings (SSSR count). The van der Waals surface area contributed by atoms with Gasteiger partial charge >= 0.3 is 0 Å². The van der Waals surface area contributed by atoms with Gasteiger partial charge in [0, 0.05) is 61.5 Å². The average Bonchev–Trinajstić information content (AvgIpc) is 3.53. The predicted molar refractivity (Wildman–Crippen MR) is 138 cm³/mol. The molecule has 0 N–H and O–H groups in total. The molecule has 0 radical (unpaired) electrons. The first-order valence-electron chi connectivity index (χ1n) is 12.0. The van der Waals surface area contributed by atoms with Gasteiger partial charge in [-0.05, 0) is 24.6 Å². The summed E-state index contributed by atoms with van der Waals surface area (Å²) in [5, 5.41) is 10.3. The molecule has 0 atom stereocenters. The second-order valence-corrected chi connectivity index (χ2v) is 9.83. The third-order valence-electron chi connectivity index (χ3n) is 7.45. The zero-order valence-electron chi connectivity index (χ0n) is 20.4. The van der Waals surface area contributed by atoms with Gasteiger partial charge in [0.05, 0.1) is 29.3 Å². The third-order valence-corrected chi connectivity index (χ3v) is 7.45. The number of amides is 1. The Bertz CT molecular complexity index is 1610. The minimum absolute atomic E-state index is 0.0466. The molecule has 184 valence electrons. The molecule has 0 bridgehead atoms. The van der Waals surface area contributed by atoms with Crippen LogP contribution in [0.25, 0.3) is 33.4 Å². The molecule has 37 heavy (non-hydrogen) atoms. The van der Waals surface area contributed by atoms with Gasteiger partial charge in [-0.2, -0.15) is 5.26 Å². The number of anilines is 1. The summed E-state index contributed by atoms with van der Waals surface area (Å²) in [6.45, 7) is 6.23. The minimum atomic E-state index is -0.426. The van der Waals surface area contributed by atoms with Gasteiger partial charge in [-0.15, -0.1) is 0 Å².